The zero-order valence-electron chi connectivity index (χ0n) is 13.8. The Bertz CT molecular complexity index is 770. The molecular formula is C18H21N5O. The summed E-state index contributed by atoms with van der Waals surface area (Å²) in [6.07, 6.45) is 4.04. The first-order chi connectivity index (χ1) is 11.8. The fourth-order valence-electron chi connectivity index (χ4n) is 3.31. The van der Waals surface area contributed by atoms with Gasteiger partial charge in [-0.25, -0.2) is 4.98 Å². The molecule has 124 valence electrons. The molecule has 1 saturated heterocycles. The third-order valence-electron chi connectivity index (χ3n) is 4.62. The van der Waals surface area contributed by atoms with Crippen LogP contribution in [0, 0.1) is 0 Å². The Morgan fingerprint density at radius 2 is 2.17 bits per heavy atom. The average molecular weight is 323 g/mol. The Balaban J connectivity index is 1.44. The second kappa shape index (κ2) is 6.57. The lowest BCUT2D eigenvalue weighted by Crippen LogP contribution is -2.46. The monoisotopic (exact) mass is 323 g/mol. The topological polar surface area (TPSA) is 58.3 Å². The van der Waals surface area contributed by atoms with Gasteiger partial charge in [0.05, 0.1) is 6.54 Å². The summed E-state index contributed by atoms with van der Waals surface area (Å²) < 4.78 is 5.85. The van der Waals surface area contributed by atoms with E-state index in [4.69, 9.17) is 4.42 Å². The number of anilines is 1. The largest absolute Gasteiger partial charge is 0.439 e. The minimum absolute atomic E-state index is 0.454. The molecule has 6 heteroatoms. The van der Waals surface area contributed by atoms with Crippen molar-refractivity contribution >= 4 is 16.9 Å². The summed E-state index contributed by atoms with van der Waals surface area (Å²) in [6, 6.07) is 12.3. The molecule has 4 rings (SSSR count). The van der Waals surface area contributed by atoms with E-state index in [1.165, 1.54) is 6.42 Å². The summed E-state index contributed by atoms with van der Waals surface area (Å²) in [5, 5.41) is 8.23. The number of nitrogens with zero attached hydrogens (tertiary/aromatic N) is 5. The molecule has 1 aromatic carbocycles. The van der Waals surface area contributed by atoms with E-state index in [0.29, 0.717) is 12.6 Å². The minimum atomic E-state index is 0.454. The van der Waals surface area contributed by atoms with Crippen molar-refractivity contribution in [2.24, 2.45) is 0 Å². The minimum Gasteiger partial charge on any atom is -0.439 e. The van der Waals surface area contributed by atoms with Gasteiger partial charge in [-0.1, -0.05) is 12.1 Å². The normalized spacial score (nSPS) is 18.4. The lowest BCUT2D eigenvalue weighted by atomic mass is 10.0. The molecule has 2 aromatic heterocycles. The number of fused-ring (bicyclic) bond motifs is 1. The molecule has 3 heterocycles. The van der Waals surface area contributed by atoms with Gasteiger partial charge in [0.15, 0.2) is 11.4 Å². The highest BCUT2D eigenvalue weighted by Crippen LogP contribution is 2.22. The van der Waals surface area contributed by atoms with Crippen molar-refractivity contribution in [2.75, 3.05) is 25.0 Å². The van der Waals surface area contributed by atoms with Crippen LogP contribution in [0.4, 0.5) is 5.82 Å². The van der Waals surface area contributed by atoms with E-state index < -0.39 is 0 Å². The number of rotatable bonds is 4. The van der Waals surface area contributed by atoms with Crippen LogP contribution >= 0.6 is 0 Å². The maximum atomic E-state index is 5.85. The first kappa shape index (κ1) is 15.1. The van der Waals surface area contributed by atoms with Crippen molar-refractivity contribution in [1.82, 2.24) is 20.1 Å². The van der Waals surface area contributed by atoms with Crippen LogP contribution in [0.3, 0.4) is 0 Å². The van der Waals surface area contributed by atoms with E-state index >= 15 is 0 Å². The number of likely N-dealkylation sites (N-methyl/N-ethyl adjacent to an activating group) is 1. The summed E-state index contributed by atoms with van der Waals surface area (Å²) >= 11 is 0. The van der Waals surface area contributed by atoms with Gasteiger partial charge in [-0.2, -0.15) is 5.10 Å². The van der Waals surface area contributed by atoms with Crippen LogP contribution in [-0.2, 0) is 6.54 Å². The summed E-state index contributed by atoms with van der Waals surface area (Å²) in [5.74, 6) is 1.73. The number of oxazole rings is 1. The number of piperidine rings is 1. The SMILES string of the molecule is CN(Cc1nc2ccccc2o1)[C@H]1CCCN(c2cccnn2)C1. The van der Waals surface area contributed by atoms with E-state index in [0.717, 1.165) is 42.3 Å². The standard InChI is InChI=1S/C18H21N5O/c1-22(13-18-20-15-7-2-3-8-16(15)24-18)14-6-5-11-23(12-14)17-9-4-10-19-21-17/h2-4,7-10,14H,5-6,11-13H2,1H3/t14-/m0/s1. The molecule has 0 amide bonds. The second-order valence-electron chi connectivity index (χ2n) is 6.31. The van der Waals surface area contributed by atoms with Gasteiger partial charge in [0.2, 0.25) is 5.89 Å². The fourth-order valence-corrected chi connectivity index (χ4v) is 3.31. The summed E-state index contributed by atoms with van der Waals surface area (Å²) in [7, 11) is 2.14. The maximum Gasteiger partial charge on any atom is 0.209 e. The molecule has 1 aliphatic rings. The molecule has 0 spiro atoms. The molecular weight excluding hydrogens is 302 g/mol. The third-order valence-corrected chi connectivity index (χ3v) is 4.62. The van der Waals surface area contributed by atoms with Crippen LogP contribution in [0.1, 0.15) is 18.7 Å². The van der Waals surface area contributed by atoms with E-state index in [-0.39, 0.29) is 0 Å². The van der Waals surface area contributed by atoms with Crippen molar-refractivity contribution in [2.45, 2.75) is 25.4 Å². The molecule has 0 radical (unpaired) electrons. The summed E-state index contributed by atoms with van der Waals surface area (Å²) in [5.41, 5.74) is 1.77. The number of para-hydroxylation sites is 2. The van der Waals surface area contributed by atoms with Gasteiger partial charge in [-0.15, -0.1) is 5.10 Å². The smallest absolute Gasteiger partial charge is 0.209 e. The summed E-state index contributed by atoms with van der Waals surface area (Å²) in [4.78, 5) is 9.22. The Hall–Kier alpha value is -2.47. The van der Waals surface area contributed by atoms with Crippen molar-refractivity contribution in [3.05, 3.63) is 48.5 Å². The van der Waals surface area contributed by atoms with Crippen molar-refractivity contribution in [3.63, 3.8) is 0 Å². The van der Waals surface area contributed by atoms with Gasteiger partial charge in [0.1, 0.15) is 5.52 Å². The van der Waals surface area contributed by atoms with Crippen LogP contribution in [0.25, 0.3) is 11.1 Å². The Labute approximate surface area is 141 Å². The van der Waals surface area contributed by atoms with E-state index in [9.17, 15) is 0 Å². The first-order valence-electron chi connectivity index (χ1n) is 8.37. The van der Waals surface area contributed by atoms with Crippen LogP contribution in [0.15, 0.2) is 47.0 Å². The molecule has 0 N–H and O–H groups in total. The van der Waals surface area contributed by atoms with Gasteiger partial charge in [0.25, 0.3) is 0 Å². The van der Waals surface area contributed by atoms with Gasteiger partial charge in [0, 0.05) is 25.3 Å². The molecule has 0 unspecified atom stereocenters. The highest BCUT2D eigenvalue weighted by atomic mass is 16.3. The predicted molar refractivity (Wildman–Crippen MR) is 92.7 cm³/mol. The van der Waals surface area contributed by atoms with Crippen molar-refractivity contribution in [1.29, 1.82) is 0 Å². The quantitative estimate of drug-likeness (QED) is 0.736. The molecule has 0 saturated carbocycles. The Morgan fingerprint density at radius 3 is 3.00 bits per heavy atom. The number of aromatic nitrogens is 3. The van der Waals surface area contributed by atoms with Gasteiger partial charge < -0.3 is 9.32 Å². The Morgan fingerprint density at radius 1 is 1.25 bits per heavy atom. The van der Waals surface area contributed by atoms with E-state index in [2.05, 4.69) is 32.0 Å². The van der Waals surface area contributed by atoms with Crippen LogP contribution < -0.4 is 4.90 Å². The van der Waals surface area contributed by atoms with E-state index in [1.807, 2.05) is 36.4 Å². The first-order valence-corrected chi connectivity index (χ1v) is 8.37. The van der Waals surface area contributed by atoms with E-state index in [1.54, 1.807) is 6.20 Å². The number of benzene rings is 1. The molecule has 1 aliphatic heterocycles. The highest BCUT2D eigenvalue weighted by Gasteiger charge is 2.25. The average Bonchev–Trinajstić information content (AvgIpc) is 3.05. The van der Waals surface area contributed by atoms with Gasteiger partial charge in [-0.05, 0) is 44.2 Å². The molecule has 0 aliphatic carbocycles. The molecule has 1 fully saturated rings. The van der Waals surface area contributed by atoms with Crippen LogP contribution in [-0.4, -0.2) is 46.3 Å². The Kier molecular flexibility index (Phi) is 4.13. The number of hydrogen-bond donors (Lipinski definition) is 0. The van der Waals surface area contributed by atoms with Crippen molar-refractivity contribution in [3.8, 4) is 0 Å². The van der Waals surface area contributed by atoms with Crippen LogP contribution in [0.5, 0.6) is 0 Å². The number of hydrogen-bond acceptors (Lipinski definition) is 6. The summed E-state index contributed by atoms with van der Waals surface area (Å²) in [6.45, 7) is 2.70. The van der Waals surface area contributed by atoms with Gasteiger partial charge >= 0.3 is 0 Å². The lowest BCUT2D eigenvalue weighted by Gasteiger charge is -2.37. The third kappa shape index (κ3) is 3.10. The zero-order valence-corrected chi connectivity index (χ0v) is 13.8. The molecule has 24 heavy (non-hydrogen) atoms. The molecule has 3 aromatic rings. The van der Waals surface area contributed by atoms with Crippen LogP contribution in [0.2, 0.25) is 0 Å². The maximum absolute atomic E-state index is 5.85. The molecule has 1 atom stereocenters. The lowest BCUT2D eigenvalue weighted by molar-refractivity contribution is 0.192. The fraction of sp³-hybridized carbons (Fsp3) is 0.389. The highest BCUT2D eigenvalue weighted by molar-refractivity contribution is 5.72. The molecule has 6 nitrogen and oxygen atoms in total. The zero-order chi connectivity index (χ0) is 16.4. The van der Waals surface area contributed by atoms with Gasteiger partial charge in [-0.3, -0.25) is 4.90 Å². The second-order valence-corrected chi connectivity index (χ2v) is 6.31. The van der Waals surface area contributed by atoms with Crippen molar-refractivity contribution < 1.29 is 4.42 Å². The molecule has 0 bridgehead atoms. The predicted octanol–water partition coefficient (Wildman–Crippen LogP) is 2.72.